The van der Waals surface area contributed by atoms with E-state index in [9.17, 15) is 14.4 Å². The van der Waals surface area contributed by atoms with E-state index in [-0.39, 0.29) is 5.41 Å². The van der Waals surface area contributed by atoms with E-state index >= 15 is 0 Å². The fourth-order valence-electron chi connectivity index (χ4n) is 1.59. The Balaban J connectivity index is 4.39. The molecule has 0 fully saturated rings. The lowest BCUT2D eigenvalue weighted by atomic mass is 9.76. The summed E-state index contributed by atoms with van der Waals surface area (Å²) >= 11 is 0. The van der Waals surface area contributed by atoms with Crippen molar-refractivity contribution in [2.75, 3.05) is 6.61 Å². The van der Waals surface area contributed by atoms with E-state index < -0.39 is 12.9 Å². The first-order chi connectivity index (χ1) is 8.00. The maximum absolute atomic E-state index is 11.4. The van der Waals surface area contributed by atoms with Crippen molar-refractivity contribution < 1.29 is 19.1 Å². The molecular weight excluding hydrogens is 251 g/mol. The maximum atomic E-state index is 11.4. The first-order valence-corrected chi connectivity index (χ1v) is 8.31. The van der Waals surface area contributed by atoms with Gasteiger partial charge in [0.25, 0.3) is 0 Å². The summed E-state index contributed by atoms with van der Waals surface area (Å²) in [7, 11) is -4.22. The maximum Gasteiger partial charge on any atom is 0.356 e. The van der Waals surface area contributed by atoms with Crippen LogP contribution in [-0.4, -0.2) is 21.7 Å². The molecule has 4 nitrogen and oxygen atoms in total. The zero-order chi connectivity index (χ0) is 14.6. The van der Waals surface area contributed by atoms with Gasteiger partial charge >= 0.3 is 7.60 Å². The van der Waals surface area contributed by atoms with Crippen LogP contribution in [0.25, 0.3) is 0 Å². The summed E-state index contributed by atoms with van der Waals surface area (Å²) in [6.45, 7) is 12.3. The van der Waals surface area contributed by atoms with E-state index in [0.29, 0.717) is 18.9 Å². The molecule has 0 aliphatic carbocycles. The fraction of sp³-hybridized carbons (Fsp3) is 1.00. The molecule has 5 heteroatoms. The molecule has 0 radical (unpaired) electrons. The lowest BCUT2D eigenvalue weighted by molar-refractivity contribution is -0.00367. The molecule has 0 saturated carbocycles. The minimum Gasteiger partial charge on any atom is -0.363 e. The molecule has 0 bridgehead atoms. The molecule has 0 heterocycles. The summed E-state index contributed by atoms with van der Waals surface area (Å²) in [5, 5.41) is -1.34. The second-order valence-electron chi connectivity index (χ2n) is 5.95. The molecule has 0 aromatic carbocycles. The molecule has 2 unspecified atom stereocenters. The van der Waals surface area contributed by atoms with Gasteiger partial charge in [0.05, 0.1) is 0 Å². The smallest absolute Gasteiger partial charge is 0.356 e. The van der Waals surface area contributed by atoms with Crippen LogP contribution in [0, 0.1) is 11.3 Å². The van der Waals surface area contributed by atoms with Gasteiger partial charge in [0, 0.05) is 6.61 Å². The van der Waals surface area contributed by atoms with E-state index in [1.165, 1.54) is 6.92 Å². The Labute approximate surface area is 111 Å². The summed E-state index contributed by atoms with van der Waals surface area (Å²) < 4.78 is 16.9. The highest BCUT2D eigenvalue weighted by molar-refractivity contribution is 7.53. The first-order valence-electron chi connectivity index (χ1n) is 6.69. The van der Waals surface area contributed by atoms with Crippen LogP contribution in [0.15, 0.2) is 0 Å². The van der Waals surface area contributed by atoms with E-state index in [4.69, 9.17) is 4.74 Å². The molecule has 0 rings (SSSR count). The van der Waals surface area contributed by atoms with Gasteiger partial charge in [0.15, 0.2) is 5.34 Å². The second kappa shape index (κ2) is 6.51. The topological polar surface area (TPSA) is 66.8 Å². The third-order valence-electron chi connectivity index (χ3n) is 4.48. The van der Waals surface area contributed by atoms with Gasteiger partial charge in [-0.3, -0.25) is 4.57 Å². The molecule has 18 heavy (non-hydrogen) atoms. The van der Waals surface area contributed by atoms with E-state index in [0.717, 1.165) is 12.8 Å². The number of hydrogen-bond acceptors (Lipinski definition) is 2. The highest BCUT2D eigenvalue weighted by Gasteiger charge is 2.42. The molecule has 2 N–H and O–H groups in total. The van der Waals surface area contributed by atoms with Crippen LogP contribution in [0.2, 0.25) is 0 Å². The van der Waals surface area contributed by atoms with Crippen molar-refractivity contribution in [1.29, 1.82) is 0 Å². The lowest BCUT2D eigenvalue weighted by Gasteiger charge is -2.33. The SMILES string of the molecule is CCC(C)(C)C(C)CCOC(C)(CC)P(=O)(O)O. The first kappa shape index (κ1) is 18.1. The van der Waals surface area contributed by atoms with Crippen molar-refractivity contribution in [3.05, 3.63) is 0 Å². The van der Waals surface area contributed by atoms with Gasteiger partial charge in [-0.15, -0.1) is 0 Å². The predicted molar refractivity (Wildman–Crippen MR) is 74.5 cm³/mol. The summed E-state index contributed by atoms with van der Waals surface area (Å²) in [5.74, 6) is 0.459. The zero-order valence-corrected chi connectivity index (χ0v) is 13.5. The summed E-state index contributed by atoms with van der Waals surface area (Å²) in [5.41, 5.74) is 0.230. The number of ether oxygens (including phenoxy) is 1. The van der Waals surface area contributed by atoms with Crippen molar-refractivity contribution in [3.8, 4) is 0 Å². The largest absolute Gasteiger partial charge is 0.363 e. The normalized spacial score (nSPS) is 18.4. The molecular formula is C13H29O4P. The van der Waals surface area contributed by atoms with Gasteiger partial charge in [-0.2, -0.15) is 0 Å². The molecule has 0 aromatic rings. The Morgan fingerprint density at radius 1 is 1.17 bits per heavy atom. The quantitative estimate of drug-likeness (QED) is 0.664. The van der Waals surface area contributed by atoms with Crippen LogP contribution in [0.3, 0.4) is 0 Å². The highest BCUT2D eigenvalue weighted by atomic mass is 31.2. The van der Waals surface area contributed by atoms with Gasteiger partial charge in [-0.05, 0) is 31.1 Å². The predicted octanol–water partition coefficient (Wildman–Crippen LogP) is 3.77. The molecule has 0 saturated heterocycles. The van der Waals surface area contributed by atoms with Crippen LogP contribution >= 0.6 is 7.60 Å². The van der Waals surface area contributed by atoms with Crippen LogP contribution in [-0.2, 0) is 9.30 Å². The Hall–Kier alpha value is 0.110. The molecule has 0 aromatic heterocycles. The van der Waals surface area contributed by atoms with Gasteiger partial charge in [0.2, 0.25) is 0 Å². The molecule has 0 aliphatic rings. The van der Waals surface area contributed by atoms with Crippen LogP contribution in [0.5, 0.6) is 0 Å². The average molecular weight is 280 g/mol. The molecule has 0 aliphatic heterocycles. The van der Waals surface area contributed by atoms with Crippen molar-refractivity contribution in [3.63, 3.8) is 0 Å². The molecule has 0 spiro atoms. The van der Waals surface area contributed by atoms with E-state index in [1.807, 2.05) is 0 Å². The Morgan fingerprint density at radius 3 is 2.00 bits per heavy atom. The van der Waals surface area contributed by atoms with Crippen molar-refractivity contribution in [1.82, 2.24) is 0 Å². The monoisotopic (exact) mass is 280 g/mol. The van der Waals surface area contributed by atoms with Crippen LogP contribution in [0.4, 0.5) is 0 Å². The van der Waals surface area contributed by atoms with Crippen LogP contribution in [0.1, 0.15) is 60.8 Å². The molecule has 0 amide bonds. The third-order valence-corrected chi connectivity index (χ3v) is 6.16. The number of rotatable bonds is 8. The van der Waals surface area contributed by atoms with Crippen molar-refractivity contribution in [2.24, 2.45) is 11.3 Å². The summed E-state index contributed by atoms with van der Waals surface area (Å²) in [6, 6.07) is 0. The molecule has 110 valence electrons. The standard InChI is InChI=1S/C13H29O4P/c1-7-12(4,5)11(3)9-10-17-13(6,8-2)18(14,15)16/h11H,7-10H2,1-6H3,(H2,14,15,16). The van der Waals surface area contributed by atoms with Crippen LogP contribution < -0.4 is 0 Å². The van der Waals surface area contributed by atoms with Gasteiger partial charge in [0.1, 0.15) is 0 Å². The van der Waals surface area contributed by atoms with Gasteiger partial charge in [-0.1, -0.05) is 41.0 Å². The van der Waals surface area contributed by atoms with Gasteiger partial charge < -0.3 is 14.5 Å². The Morgan fingerprint density at radius 2 is 1.67 bits per heavy atom. The third kappa shape index (κ3) is 4.65. The minimum atomic E-state index is -4.22. The highest BCUT2D eigenvalue weighted by Crippen LogP contribution is 2.53. The zero-order valence-electron chi connectivity index (χ0n) is 12.6. The molecule has 2 atom stereocenters. The van der Waals surface area contributed by atoms with Crippen molar-refractivity contribution >= 4 is 7.60 Å². The fourth-order valence-corrected chi connectivity index (χ4v) is 2.26. The van der Waals surface area contributed by atoms with Gasteiger partial charge in [-0.25, -0.2) is 0 Å². The summed E-state index contributed by atoms with van der Waals surface area (Å²) in [6.07, 6.45) is 2.21. The van der Waals surface area contributed by atoms with E-state index in [2.05, 4.69) is 27.7 Å². The number of hydrogen-bond donors (Lipinski definition) is 2. The Kier molecular flexibility index (Phi) is 6.55. The minimum absolute atomic E-state index is 0.230. The van der Waals surface area contributed by atoms with Crippen molar-refractivity contribution in [2.45, 2.75) is 66.1 Å². The average Bonchev–Trinajstić information content (AvgIpc) is 2.26. The second-order valence-corrected chi connectivity index (χ2v) is 7.99. The summed E-state index contributed by atoms with van der Waals surface area (Å²) in [4.78, 5) is 18.6. The lowest BCUT2D eigenvalue weighted by Crippen LogP contribution is -2.30. The van der Waals surface area contributed by atoms with E-state index in [1.54, 1.807) is 6.92 Å². The Bertz CT molecular complexity index is 297.